The van der Waals surface area contributed by atoms with Crippen LogP contribution in [-0.4, -0.2) is 18.9 Å². The van der Waals surface area contributed by atoms with Gasteiger partial charge in [0.1, 0.15) is 5.82 Å². The van der Waals surface area contributed by atoms with Gasteiger partial charge in [-0.25, -0.2) is 12.8 Å². The number of rotatable bonds is 4. The summed E-state index contributed by atoms with van der Waals surface area (Å²) in [6.07, 6.45) is 0. The van der Waals surface area contributed by atoms with Gasteiger partial charge in [0.05, 0.1) is 26.4 Å². The van der Waals surface area contributed by atoms with Crippen molar-refractivity contribution in [1.29, 1.82) is 0 Å². The van der Waals surface area contributed by atoms with Gasteiger partial charge in [0, 0.05) is 7.05 Å². The third-order valence-corrected chi connectivity index (χ3v) is 7.18. The molecule has 0 radical (unpaired) electrons. The predicted molar refractivity (Wildman–Crippen MR) is 119 cm³/mol. The Morgan fingerprint density at radius 3 is 2.45 bits per heavy atom. The van der Waals surface area contributed by atoms with E-state index in [-0.39, 0.29) is 16.1 Å². The van der Waals surface area contributed by atoms with Crippen molar-refractivity contribution in [1.82, 2.24) is 4.57 Å². The van der Waals surface area contributed by atoms with E-state index >= 15 is 0 Å². The molecule has 1 N–H and O–H groups in total. The van der Waals surface area contributed by atoms with Gasteiger partial charge in [0.2, 0.25) is 0 Å². The highest BCUT2D eigenvalue weighted by Gasteiger charge is 2.19. The van der Waals surface area contributed by atoms with Crippen molar-refractivity contribution >= 4 is 43.2 Å². The van der Waals surface area contributed by atoms with Gasteiger partial charge < -0.3 is 4.57 Å². The lowest BCUT2D eigenvalue weighted by Gasteiger charge is -2.11. The number of aromatic nitrogens is 1. The summed E-state index contributed by atoms with van der Waals surface area (Å²) in [4.78, 5) is 17.4. The molecule has 3 aromatic carbocycles. The van der Waals surface area contributed by atoms with Gasteiger partial charge in [-0.05, 0) is 43.3 Å². The molecule has 0 atom stereocenters. The minimum absolute atomic E-state index is 0.0867. The van der Waals surface area contributed by atoms with Gasteiger partial charge in [-0.1, -0.05) is 47.2 Å². The van der Waals surface area contributed by atoms with E-state index in [0.717, 1.165) is 5.56 Å². The SMILES string of the molecule is Cc1ccc(S(=O)(=O)Nc2ccccc2C(=O)N=c2sc3cccc(F)c3n2C)cc1. The summed E-state index contributed by atoms with van der Waals surface area (Å²) in [6, 6.07) is 17.3. The van der Waals surface area contributed by atoms with E-state index in [0.29, 0.717) is 15.0 Å². The minimum Gasteiger partial charge on any atom is -0.317 e. The molecule has 0 unspecified atom stereocenters. The highest BCUT2D eigenvalue weighted by molar-refractivity contribution is 7.92. The lowest BCUT2D eigenvalue weighted by molar-refractivity contribution is 0.0998. The Labute approximate surface area is 182 Å². The molecule has 1 aromatic heterocycles. The van der Waals surface area contributed by atoms with Crippen LogP contribution in [0, 0.1) is 12.7 Å². The number of para-hydroxylation sites is 2. The van der Waals surface area contributed by atoms with Crippen molar-refractivity contribution in [3.63, 3.8) is 0 Å². The van der Waals surface area contributed by atoms with E-state index in [9.17, 15) is 17.6 Å². The maximum absolute atomic E-state index is 14.1. The first-order valence-corrected chi connectivity index (χ1v) is 11.6. The van der Waals surface area contributed by atoms with Crippen LogP contribution in [0.3, 0.4) is 0 Å². The van der Waals surface area contributed by atoms with Crippen LogP contribution >= 0.6 is 11.3 Å². The number of hydrogen-bond acceptors (Lipinski definition) is 4. The number of sulfonamides is 1. The fourth-order valence-electron chi connectivity index (χ4n) is 3.09. The van der Waals surface area contributed by atoms with Crippen LogP contribution in [0.2, 0.25) is 0 Å². The zero-order chi connectivity index (χ0) is 22.2. The van der Waals surface area contributed by atoms with E-state index in [2.05, 4.69) is 9.71 Å². The molecule has 4 rings (SSSR count). The van der Waals surface area contributed by atoms with Crippen molar-refractivity contribution < 1.29 is 17.6 Å². The second-order valence-corrected chi connectivity index (χ2v) is 9.60. The van der Waals surface area contributed by atoms with E-state index in [4.69, 9.17) is 0 Å². The number of halogens is 1. The van der Waals surface area contributed by atoms with Crippen molar-refractivity contribution in [2.24, 2.45) is 12.0 Å². The van der Waals surface area contributed by atoms with Crippen LogP contribution in [0.15, 0.2) is 76.6 Å². The van der Waals surface area contributed by atoms with Gasteiger partial charge in [-0.3, -0.25) is 9.52 Å². The van der Waals surface area contributed by atoms with Crippen LogP contribution in [0.5, 0.6) is 0 Å². The second-order valence-electron chi connectivity index (χ2n) is 6.91. The standard InChI is InChI=1S/C22H18FN3O3S2/c1-14-10-12-15(13-11-14)31(28,29)25-18-8-4-3-6-16(18)21(27)24-22-26(2)20-17(23)7-5-9-19(20)30-22/h3-13,25H,1-2H3. The fourth-order valence-corrected chi connectivity index (χ4v) is 5.20. The van der Waals surface area contributed by atoms with Crippen LogP contribution < -0.4 is 9.52 Å². The summed E-state index contributed by atoms with van der Waals surface area (Å²) in [6.45, 7) is 1.86. The Balaban J connectivity index is 1.73. The number of benzene rings is 3. The van der Waals surface area contributed by atoms with E-state index in [1.54, 1.807) is 43.4 Å². The lowest BCUT2D eigenvalue weighted by Crippen LogP contribution is -2.17. The normalized spacial score (nSPS) is 12.3. The van der Waals surface area contributed by atoms with E-state index in [1.807, 2.05) is 6.92 Å². The van der Waals surface area contributed by atoms with E-state index in [1.165, 1.54) is 46.2 Å². The molecule has 9 heteroatoms. The molecule has 31 heavy (non-hydrogen) atoms. The summed E-state index contributed by atoms with van der Waals surface area (Å²) >= 11 is 1.18. The first-order valence-electron chi connectivity index (χ1n) is 9.28. The molecular formula is C22H18FN3O3S2. The second kappa shape index (κ2) is 8.09. The Morgan fingerprint density at radius 1 is 1.03 bits per heavy atom. The van der Waals surface area contributed by atoms with Crippen LogP contribution in [0.4, 0.5) is 10.1 Å². The van der Waals surface area contributed by atoms with Crippen LogP contribution in [0.25, 0.3) is 10.2 Å². The number of carbonyl (C=O) groups excluding carboxylic acids is 1. The Hall–Kier alpha value is -3.30. The largest absolute Gasteiger partial charge is 0.317 e. The number of aryl methyl sites for hydroxylation is 2. The van der Waals surface area contributed by atoms with E-state index < -0.39 is 21.7 Å². The molecule has 4 aromatic rings. The smallest absolute Gasteiger partial charge is 0.281 e. The molecule has 0 aliphatic rings. The highest BCUT2D eigenvalue weighted by Crippen LogP contribution is 2.22. The Kier molecular flexibility index (Phi) is 5.47. The molecule has 0 saturated carbocycles. The van der Waals surface area contributed by atoms with Crippen molar-refractivity contribution in [2.75, 3.05) is 4.72 Å². The number of nitrogens with one attached hydrogen (secondary N) is 1. The summed E-state index contributed by atoms with van der Waals surface area (Å²) in [7, 11) is -2.26. The Bertz CT molecular complexity index is 1470. The zero-order valence-electron chi connectivity index (χ0n) is 16.7. The molecule has 6 nitrogen and oxygen atoms in total. The average molecular weight is 456 g/mol. The van der Waals surface area contributed by atoms with Crippen LogP contribution in [-0.2, 0) is 17.1 Å². The van der Waals surface area contributed by atoms with Crippen molar-refractivity contribution in [3.8, 4) is 0 Å². The Morgan fingerprint density at radius 2 is 1.74 bits per heavy atom. The maximum Gasteiger partial charge on any atom is 0.281 e. The summed E-state index contributed by atoms with van der Waals surface area (Å²) in [5, 5.41) is 0. The number of anilines is 1. The first kappa shape index (κ1) is 21.0. The lowest BCUT2D eigenvalue weighted by atomic mass is 10.2. The summed E-state index contributed by atoms with van der Waals surface area (Å²) in [5.74, 6) is -1.04. The van der Waals surface area contributed by atoms with Gasteiger partial charge >= 0.3 is 0 Å². The summed E-state index contributed by atoms with van der Waals surface area (Å²) in [5.41, 5.74) is 1.50. The maximum atomic E-state index is 14.1. The zero-order valence-corrected chi connectivity index (χ0v) is 18.3. The molecule has 1 heterocycles. The third kappa shape index (κ3) is 4.14. The van der Waals surface area contributed by atoms with Crippen molar-refractivity contribution in [2.45, 2.75) is 11.8 Å². The molecule has 1 amide bonds. The monoisotopic (exact) mass is 455 g/mol. The molecule has 0 aliphatic heterocycles. The number of thiazole rings is 1. The number of hydrogen-bond donors (Lipinski definition) is 1. The minimum atomic E-state index is -3.89. The molecule has 0 bridgehead atoms. The van der Waals surface area contributed by atoms with Gasteiger partial charge in [-0.15, -0.1) is 0 Å². The number of carbonyl (C=O) groups is 1. The summed E-state index contributed by atoms with van der Waals surface area (Å²) < 4.78 is 44.3. The van der Waals surface area contributed by atoms with Gasteiger partial charge in [0.25, 0.3) is 15.9 Å². The molecule has 0 saturated heterocycles. The first-order chi connectivity index (χ1) is 14.8. The number of amides is 1. The number of fused-ring (bicyclic) bond motifs is 1. The molecule has 158 valence electrons. The quantitative estimate of drug-likeness (QED) is 0.500. The molecular weight excluding hydrogens is 437 g/mol. The van der Waals surface area contributed by atoms with Crippen molar-refractivity contribution in [3.05, 3.63) is 88.5 Å². The fraction of sp³-hybridized carbons (Fsp3) is 0.0909. The average Bonchev–Trinajstić information content (AvgIpc) is 3.05. The molecule has 0 spiro atoms. The van der Waals surface area contributed by atoms with Crippen LogP contribution in [0.1, 0.15) is 15.9 Å². The predicted octanol–water partition coefficient (Wildman–Crippen LogP) is 4.23. The number of nitrogens with zero attached hydrogens (tertiary/aromatic N) is 2. The molecule has 0 fully saturated rings. The third-order valence-electron chi connectivity index (χ3n) is 4.70. The van der Waals surface area contributed by atoms with Gasteiger partial charge in [-0.2, -0.15) is 4.99 Å². The molecule has 0 aliphatic carbocycles. The highest BCUT2D eigenvalue weighted by atomic mass is 32.2. The topological polar surface area (TPSA) is 80.5 Å². The van der Waals surface area contributed by atoms with Gasteiger partial charge in [0.15, 0.2) is 4.80 Å².